The molecule has 25 heavy (non-hydrogen) atoms. The predicted molar refractivity (Wildman–Crippen MR) is 95.5 cm³/mol. The summed E-state index contributed by atoms with van der Waals surface area (Å²) >= 11 is 0. The number of ether oxygens (including phenoxy) is 1. The lowest BCUT2D eigenvalue weighted by atomic mass is 10.1. The molecule has 2 aromatic heterocycles. The summed E-state index contributed by atoms with van der Waals surface area (Å²) in [5.41, 5.74) is 1.59. The number of pyridine rings is 1. The molecule has 0 saturated carbocycles. The molecular formula is C20H26N2O3. The Morgan fingerprint density at radius 3 is 2.96 bits per heavy atom. The maximum absolute atomic E-state index is 12.9. The maximum atomic E-state index is 12.9. The second-order valence-corrected chi connectivity index (χ2v) is 6.92. The van der Waals surface area contributed by atoms with Crippen molar-refractivity contribution in [2.75, 3.05) is 13.1 Å². The number of aryl methyl sites for hydroxylation is 1. The van der Waals surface area contributed by atoms with E-state index in [2.05, 4.69) is 18.8 Å². The molecule has 0 radical (unpaired) electrons. The van der Waals surface area contributed by atoms with Gasteiger partial charge in [0.25, 0.3) is 5.91 Å². The van der Waals surface area contributed by atoms with E-state index in [1.165, 1.54) is 0 Å². The summed E-state index contributed by atoms with van der Waals surface area (Å²) in [4.78, 5) is 19.0. The monoisotopic (exact) mass is 342 g/mol. The van der Waals surface area contributed by atoms with E-state index in [9.17, 15) is 4.79 Å². The Bertz CT molecular complexity index is 709. The summed E-state index contributed by atoms with van der Waals surface area (Å²) < 4.78 is 11.7. The van der Waals surface area contributed by atoms with Crippen LogP contribution in [0, 0.1) is 6.92 Å². The maximum Gasteiger partial charge on any atom is 0.257 e. The van der Waals surface area contributed by atoms with Crippen molar-refractivity contribution in [3.63, 3.8) is 0 Å². The number of likely N-dealkylation sites (tertiary alicyclic amines) is 1. The van der Waals surface area contributed by atoms with E-state index in [0.717, 1.165) is 30.8 Å². The van der Waals surface area contributed by atoms with Crippen LogP contribution in [-0.2, 0) is 11.3 Å². The lowest BCUT2D eigenvalue weighted by Gasteiger charge is -2.32. The van der Waals surface area contributed by atoms with Crippen molar-refractivity contribution >= 4 is 5.91 Å². The highest BCUT2D eigenvalue weighted by Crippen LogP contribution is 2.24. The number of carbonyl (C=O) groups excluding carboxylic acids is 1. The molecule has 1 aliphatic heterocycles. The van der Waals surface area contributed by atoms with Gasteiger partial charge in [0.15, 0.2) is 0 Å². The molecule has 3 heterocycles. The summed E-state index contributed by atoms with van der Waals surface area (Å²) in [6, 6.07) is 7.69. The third-order valence-corrected chi connectivity index (χ3v) is 4.59. The molecule has 3 rings (SSSR count). The zero-order chi connectivity index (χ0) is 17.8. The number of amides is 1. The van der Waals surface area contributed by atoms with Crippen LogP contribution < -0.4 is 0 Å². The Labute approximate surface area is 149 Å². The van der Waals surface area contributed by atoms with E-state index >= 15 is 0 Å². The van der Waals surface area contributed by atoms with Crippen LogP contribution in [0.3, 0.4) is 0 Å². The molecule has 0 spiro atoms. The number of hydrogen-bond acceptors (Lipinski definition) is 4. The highest BCUT2D eigenvalue weighted by Gasteiger charge is 2.27. The van der Waals surface area contributed by atoms with Gasteiger partial charge in [-0.25, -0.2) is 0 Å². The summed E-state index contributed by atoms with van der Waals surface area (Å²) in [5.74, 6) is 1.88. The van der Waals surface area contributed by atoms with Gasteiger partial charge in [0.2, 0.25) is 0 Å². The van der Waals surface area contributed by atoms with Crippen LogP contribution in [0.1, 0.15) is 60.2 Å². The van der Waals surface area contributed by atoms with Crippen LogP contribution >= 0.6 is 0 Å². The zero-order valence-electron chi connectivity index (χ0n) is 15.2. The minimum absolute atomic E-state index is 0.0410. The van der Waals surface area contributed by atoms with Crippen LogP contribution in [0.15, 0.2) is 34.9 Å². The van der Waals surface area contributed by atoms with E-state index in [4.69, 9.17) is 9.15 Å². The third kappa shape index (κ3) is 4.28. The van der Waals surface area contributed by atoms with Gasteiger partial charge in [-0.15, -0.1) is 0 Å². The predicted octanol–water partition coefficient (Wildman–Crippen LogP) is 3.93. The highest BCUT2D eigenvalue weighted by atomic mass is 16.5. The first kappa shape index (κ1) is 17.7. The van der Waals surface area contributed by atoms with Crippen molar-refractivity contribution in [3.05, 3.63) is 53.2 Å². The number of carbonyl (C=O) groups is 1. The number of rotatable bonds is 5. The highest BCUT2D eigenvalue weighted by molar-refractivity contribution is 5.95. The lowest BCUT2D eigenvalue weighted by molar-refractivity contribution is -0.00790. The molecular weight excluding hydrogens is 316 g/mol. The van der Waals surface area contributed by atoms with Crippen molar-refractivity contribution in [3.8, 4) is 0 Å². The van der Waals surface area contributed by atoms with Gasteiger partial charge in [0.1, 0.15) is 11.5 Å². The van der Waals surface area contributed by atoms with E-state index in [0.29, 0.717) is 24.5 Å². The number of piperidine rings is 1. The standard InChI is InChI=1S/C20H26N2O3/c1-14(2)19-11-18(15(3)25-19)20(23)22-10-6-8-17(12-22)24-13-16-7-4-5-9-21-16/h4-5,7,9,11,14,17H,6,8,10,12-13H2,1-3H3. The van der Waals surface area contributed by atoms with Gasteiger partial charge in [-0.1, -0.05) is 19.9 Å². The number of furan rings is 1. The Hall–Kier alpha value is -2.14. The Balaban J connectivity index is 1.61. The van der Waals surface area contributed by atoms with Crippen LogP contribution in [0.5, 0.6) is 0 Å². The summed E-state index contributed by atoms with van der Waals surface area (Å²) in [5, 5.41) is 0. The number of nitrogens with zero attached hydrogens (tertiary/aromatic N) is 2. The Morgan fingerprint density at radius 1 is 1.44 bits per heavy atom. The SMILES string of the molecule is Cc1oc(C(C)C)cc1C(=O)N1CCCC(OCc2ccccn2)C1. The average molecular weight is 342 g/mol. The lowest BCUT2D eigenvalue weighted by Crippen LogP contribution is -2.43. The molecule has 1 saturated heterocycles. The second-order valence-electron chi connectivity index (χ2n) is 6.92. The van der Waals surface area contributed by atoms with Gasteiger partial charge in [0, 0.05) is 25.2 Å². The average Bonchev–Trinajstić information content (AvgIpc) is 3.02. The molecule has 1 fully saturated rings. The molecule has 0 bridgehead atoms. The van der Waals surface area contributed by atoms with Crippen LogP contribution in [0.4, 0.5) is 0 Å². The third-order valence-electron chi connectivity index (χ3n) is 4.59. The van der Waals surface area contributed by atoms with Gasteiger partial charge >= 0.3 is 0 Å². The first-order valence-corrected chi connectivity index (χ1v) is 8.95. The Morgan fingerprint density at radius 2 is 2.28 bits per heavy atom. The van der Waals surface area contributed by atoms with Crippen molar-refractivity contribution < 1.29 is 13.9 Å². The molecule has 0 N–H and O–H groups in total. The summed E-state index contributed by atoms with van der Waals surface area (Å²) in [6.07, 6.45) is 3.74. The van der Waals surface area contributed by atoms with Crippen LogP contribution in [0.25, 0.3) is 0 Å². The van der Waals surface area contributed by atoms with Gasteiger partial charge in [-0.3, -0.25) is 9.78 Å². The molecule has 1 unspecified atom stereocenters. The minimum Gasteiger partial charge on any atom is -0.465 e. The fourth-order valence-electron chi connectivity index (χ4n) is 3.12. The van der Waals surface area contributed by atoms with E-state index in [1.807, 2.05) is 36.1 Å². The Kier molecular flexibility index (Phi) is 5.53. The van der Waals surface area contributed by atoms with Crippen molar-refractivity contribution in [1.29, 1.82) is 0 Å². The first-order chi connectivity index (χ1) is 12.0. The second kappa shape index (κ2) is 7.83. The normalized spacial score (nSPS) is 17.9. The van der Waals surface area contributed by atoms with Gasteiger partial charge < -0.3 is 14.1 Å². The molecule has 0 aliphatic carbocycles. The smallest absolute Gasteiger partial charge is 0.257 e. The quantitative estimate of drug-likeness (QED) is 0.826. The van der Waals surface area contributed by atoms with Gasteiger partial charge in [0.05, 0.1) is 24.0 Å². The molecule has 5 nitrogen and oxygen atoms in total. The molecule has 134 valence electrons. The fourth-order valence-corrected chi connectivity index (χ4v) is 3.12. The molecule has 1 atom stereocenters. The molecule has 0 aromatic carbocycles. The molecule has 2 aromatic rings. The van der Waals surface area contributed by atoms with E-state index < -0.39 is 0 Å². The first-order valence-electron chi connectivity index (χ1n) is 8.95. The minimum atomic E-state index is 0.0410. The van der Waals surface area contributed by atoms with Gasteiger partial charge in [-0.05, 0) is 38.0 Å². The van der Waals surface area contributed by atoms with Crippen molar-refractivity contribution in [1.82, 2.24) is 9.88 Å². The molecule has 1 amide bonds. The van der Waals surface area contributed by atoms with Gasteiger partial charge in [-0.2, -0.15) is 0 Å². The van der Waals surface area contributed by atoms with E-state index in [-0.39, 0.29) is 17.9 Å². The summed E-state index contributed by atoms with van der Waals surface area (Å²) in [7, 11) is 0. The zero-order valence-corrected chi connectivity index (χ0v) is 15.2. The van der Waals surface area contributed by atoms with Crippen LogP contribution in [0.2, 0.25) is 0 Å². The summed E-state index contributed by atoms with van der Waals surface area (Å²) in [6.45, 7) is 7.86. The molecule has 1 aliphatic rings. The van der Waals surface area contributed by atoms with Crippen molar-refractivity contribution in [2.45, 2.75) is 52.2 Å². The fraction of sp³-hybridized carbons (Fsp3) is 0.500. The van der Waals surface area contributed by atoms with Crippen molar-refractivity contribution in [2.24, 2.45) is 0 Å². The number of aromatic nitrogens is 1. The van der Waals surface area contributed by atoms with Crippen LogP contribution in [-0.4, -0.2) is 35.0 Å². The van der Waals surface area contributed by atoms with E-state index in [1.54, 1.807) is 6.20 Å². The number of hydrogen-bond donors (Lipinski definition) is 0. The molecule has 5 heteroatoms. The topological polar surface area (TPSA) is 55.6 Å². The largest absolute Gasteiger partial charge is 0.465 e.